The molecule has 3 heterocycles. The van der Waals surface area contributed by atoms with Gasteiger partial charge < -0.3 is 4.90 Å². The highest BCUT2D eigenvalue weighted by molar-refractivity contribution is 7.90. The van der Waals surface area contributed by atoms with Crippen molar-refractivity contribution < 1.29 is 8.42 Å². The van der Waals surface area contributed by atoms with Gasteiger partial charge in [0.05, 0.1) is 11.3 Å². The number of rotatable bonds is 1. The lowest BCUT2D eigenvalue weighted by atomic mass is 10.0. The van der Waals surface area contributed by atoms with Gasteiger partial charge in [0.2, 0.25) is 0 Å². The van der Waals surface area contributed by atoms with E-state index in [-0.39, 0.29) is 5.75 Å². The number of sulfonamides is 1. The van der Waals surface area contributed by atoms with Crippen LogP contribution in [-0.2, 0) is 10.0 Å². The standard InChI is InChI=1S/C16H13N3O2S/c20-22(21)9-8-19-7-3-5-14(16(19)18-22)13-10-12-4-1-2-6-15(12)17-11-13/h1-7,10-11H,8-9H2. The van der Waals surface area contributed by atoms with Gasteiger partial charge in [-0.15, -0.1) is 4.40 Å². The second kappa shape index (κ2) is 4.78. The molecule has 0 saturated carbocycles. The second-order valence-electron chi connectivity index (χ2n) is 5.23. The molecule has 0 bridgehead atoms. The molecule has 0 saturated heterocycles. The highest BCUT2D eigenvalue weighted by atomic mass is 32.2. The van der Waals surface area contributed by atoms with Gasteiger partial charge >= 0.3 is 0 Å². The van der Waals surface area contributed by atoms with Crippen molar-refractivity contribution in [2.45, 2.75) is 0 Å². The summed E-state index contributed by atoms with van der Waals surface area (Å²) >= 11 is 0. The molecule has 0 fully saturated rings. The fourth-order valence-corrected chi connectivity index (χ4v) is 3.65. The fraction of sp³-hybridized carbons (Fsp3) is 0.125. The Morgan fingerprint density at radius 3 is 2.95 bits per heavy atom. The predicted octanol–water partition coefficient (Wildman–Crippen LogP) is 2.19. The summed E-state index contributed by atoms with van der Waals surface area (Å²) in [4.78, 5) is 6.31. The van der Waals surface area contributed by atoms with Crippen molar-refractivity contribution in [2.75, 3.05) is 12.3 Å². The van der Waals surface area contributed by atoms with Crippen LogP contribution in [-0.4, -0.2) is 36.4 Å². The van der Waals surface area contributed by atoms with Crippen LogP contribution in [0.1, 0.15) is 5.56 Å². The SMILES string of the molecule is O=S1(=O)CCN2C=CC=C(c3cnc4ccccc4c3)C2=N1. The first-order valence-corrected chi connectivity index (χ1v) is 8.57. The van der Waals surface area contributed by atoms with Gasteiger partial charge in [-0.1, -0.05) is 18.2 Å². The summed E-state index contributed by atoms with van der Waals surface area (Å²) in [6.45, 7) is 0.427. The number of hydrogen-bond acceptors (Lipinski definition) is 4. The van der Waals surface area contributed by atoms with Crippen molar-refractivity contribution in [3.63, 3.8) is 0 Å². The molecule has 2 aliphatic heterocycles. The highest BCUT2D eigenvalue weighted by Crippen LogP contribution is 2.26. The molecule has 110 valence electrons. The first-order valence-electron chi connectivity index (χ1n) is 6.96. The average molecular weight is 311 g/mol. The van der Waals surface area contributed by atoms with Crippen molar-refractivity contribution >= 4 is 32.3 Å². The zero-order chi connectivity index (χ0) is 15.2. The Morgan fingerprint density at radius 1 is 1.18 bits per heavy atom. The molecule has 0 aliphatic carbocycles. The van der Waals surface area contributed by atoms with Gasteiger partial charge in [0, 0.05) is 35.5 Å². The molecule has 2 aromatic rings. The Hall–Kier alpha value is -2.47. The van der Waals surface area contributed by atoms with Gasteiger partial charge in [0.1, 0.15) is 0 Å². The molecule has 0 radical (unpaired) electrons. The molecule has 1 aromatic heterocycles. The summed E-state index contributed by atoms with van der Waals surface area (Å²) in [6, 6.07) is 9.84. The molecule has 0 N–H and O–H groups in total. The predicted molar refractivity (Wildman–Crippen MR) is 86.8 cm³/mol. The number of hydrogen-bond donors (Lipinski definition) is 0. The lowest BCUT2D eigenvalue weighted by Gasteiger charge is -2.29. The van der Waals surface area contributed by atoms with Gasteiger partial charge in [0.15, 0.2) is 5.84 Å². The highest BCUT2D eigenvalue weighted by Gasteiger charge is 2.27. The number of amidine groups is 1. The number of para-hydroxylation sites is 1. The molecule has 0 spiro atoms. The summed E-state index contributed by atoms with van der Waals surface area (Å²) < 4.78 is 27.6. The minimum atomic E-state index is -3.39. The van der Waals surface area contributed by atoms with E-state index >= 15 is 0 Å². The normalized spacial score (nSPS) is 19.5. The van der Waals surface area contributed by atoms with E-state index in [9.17, 15) is 8.42 Å². The minimum Gasteiger partial charge on any atom is -0.331 e. The summed E-state index contributed by atoms with van der Waals surface area (Å²) in [6.07, 6.45) is 7.39. The average Bonchev–Trinajstić information content (AvgIpc) is 2.53. The first-order chi connectivity index (χ1) is 10.6. The summed E-state index contributed by atoms with van der Waals surface area (Å²) in [5.41, 5.74) is 2.56. The maximum absolute atomic E-state index is 11.8. The summed E-state index contributed by atoms with van der Waals surface area (Å²) in [7, 11) is -3.39. The quantitative estimate of drug-likeness (QED) is 0.810. The number of pyridine rings is 1. The molecule has 0 amide bonds. The monoisotopic (exact) mass is 311 g/mol. The zero-order valence-electron chi connectivity index (χ0n) is 11.7. The molecular weight excluding hydrogens is 298 g/mol. The van der Waals surface area contributed by atoms with Crippen LogP contribution in [0.3, 0.4) is 0 Å². The van der Waals surface area contributed by atoms with E-state index in [4.69, 9.17) is 0 Å². The van der Waals surface area contributed by atoms with Crippen LogP contribution in [0.25, 0.3) is 16.5 Å². The Kier molecular flexibility index (Phi) is 2.87. The summed E-state index contributed by atoms with van der Waals surface area (Å²) in [5.74, 6) is 0.523. The van der Waals surface area contributed by atoms with E-state index in [2.05, 4.69) is 9.38 Å². The van der Waals surface area contributed by atoms with E-state index < -0.39 is 10.0 Å². The molecule has 0 atom stereocenters. The molecule has 2 aliphatic rings. The van der Waals surface area contributed by atoms with E-state index in [1.165, 1.54) is 0 Å². The molecule has 4 rings (SSSR count). The molecular formula is C16H13N3O2S. The van der Waals surface area contributed by atoms with E-state index in [0.717, 1.165) is 22.0 Å². The van der Waals surface area contributed by atoms with Gasteiger partial charge in [-0.05, 0) is 24.3 Å². The van der Waals surface area contributed by atoms with Crippen molar-refractivity contribution in [1.82, 2.24) is 9.88 Å². The van der Waals surface area contributed by atoms with E-state index in [1.807, 2.05) is 53.6 Å². The van der Waals surface area contributed by atoms with E-state index in [0.29, 0.717) is 12.4 Å². The zero-order valence-corrected chi connectivity index (χ0v) is 12.5. The fourth-order valence-electron chi connectivity index (χ4n) is 2.66. The largest absolute Gasteiger partial charge is 0.331 e. The van der Waals surface area contributed by atoms with Gasteiger partial charge in [-0.3, -0.25) is 4.98 Å². The number of allylic oxidation sites excluding steroid dienone is 2. The Morgan fingerprint density at radius 2 is 2.05 bits per heavy atom. The topological polar surface area (TPSA) is 62.6 Å². The smallest absolute Gasteiger partial charge is 0.256 e. The maximum atomic E-state index is 11.8. The van der Waals surface area contributed by atoms with Crippen LogP contribution < -0.4 is 0 Å². The minimum absolute atomic E-state index is 0.0457. The molecule has 6 heteroatoms. The lowest BCUT2D eigenvalue weighted by Crippen LogP contribution is -2.37. The summed E-state index contributed by atoms with van der Waals surface area (Å²) in [5, 5.41) is 1.02. The second-order valence-corrected chi connectivity index (χ2v) is 6.99. The van der Waals surface area contributed by atoms with Crippen LogP contribution in [0, 0.1) is 0 Å². The van der Waals surface area contributed by atoms with Crippen LogP contribution >= 0.6 is 0 Å². The number of fused-ring (bicyclic) bond motifs is 2. The first kappa shape index (κ1) is 13.2. The van der Waals surface area contributed by atoms with Gasteiger partial charge in [-0.25, -0.2) is 8.42 Å². The van der Waals surface area contributed by atoms with Crippen molar-refractivity contribution in [3.8, 4) is 0 Å². The Labute approximate surface area is 128 Å². The Bertz CT molecular complexity index is 958. The molecule has 22 heavy (non-hydrogen) atoms. The third-order valence-corrected chi connectivity index (χ3v) is 4.91. The third-order valence-electron chi connectivity index (χ3n) is 3.76. The molecule has 5 nitrogen and oxygen atoms in total. The Balaban J connectivity index is 1.87. The van der Waals surface area contributed by atoms with Crippen LogP contribution in [0.15, 0.2) is 59.3 Å². The number of aromatic nitrogens is 1. The van der Waals surface area contributed by atoms with Crippen molar-refractivity contribution in [1.29, 1.82) is 0 Å². The van der Waals surface area contributed by atoms with Crippen LogP contribution in [0.5, 0.6) is 0 Å². The van der Waals surface area contributed by atoms with Crippen molar-refractivity contribution in [3.05, 3.63) is 60.4 Å². The maximum Gasteiger partial charge on any atom is 0.256 e. The number of nitrogens with zero attached hydrogens (tertiary/aromatic N) is 3. The van der Waals surface area contributed by atoms with Crippen molar-refractivity contribution in [2.24, 2.45) is 4.40 Å². The van der Waals surface area contributed by atoms with Gasteiger partial charge in [-0.2, -0.15) is 0 Å². The third kappa shape index (κ3) is 2.21. The van der Waals surface area contributed by atoms with E-state index in [1.54, 1.807) is 6.20 Å². The molecule has 0 unspecified atom stereocenters. The van der Waals surface area contributed by atoms with Crippen LogP contribution in [0.4, 0.5) is 0 Å². The number of benzene rings is 1. The lowest BCUT2D eigenvalue weighted by molar-refractivity contribution is 0.550. The molecule has 1 aromatic carbocycles. The van der Waals surface area contributed by atoms with Gasteiger partial charge in [0.25, 0.3) is 10.0 Å². The van der Waals surface area contributed by atoms with Crippen LogP contribution in [0.2, 0.25) is 0 Å².